The van der Waals surface area contributed by atoms with Gasteiger partial charge in [0, 0.05) is 17.7 Å². The third-order valence-electron chi connectivity index (χ3n) is 10.5. The molecule has 0 spiro atoms. The molecule has 0 atom stereocenters. The van der Waals surface area contributed by atoms with Crippen LogP contribution in [0.2, 0.25) is 0 Å². The van der Waals surface area contributed by atoms with Gasteiger partial charge < -0.3 is 15.1 Å². The van der Waals surface area contributed by atoms with Gasteiger partial charge >= 0.3 is 0 Å². The van der Waals surface area contributed by atoms with Crippen molar-refractivity contribution in [3.63, 3.8) is 0 Å². The Labute approximate surface area is 257 Å². The molecule has 3 aromatic rings. The number of nitrogens with zero attached hydrogens (tertiary/aromatic N) is 1. The average molecular weight is 572 g/mol. The van der Waals surface area contributed by atoms with Gasteiger partial charge in [-0.2, -0.15) is 0 Å². The lowest BCUT2D eigenvalue weighted by Gasteiger charge is -2.36. The van der Waals surface area contributed by atoms with E-state index in [4.69, 9.17) is 0 Å². The van der Waals surface area contributed by atoms with Crippen molar-refractivity contribution in [1.82, 2.24) is 0 Å². The Morgan fingerprint density at radius 1 is 0.524 bits per heavy atom. The first-order chi connectivity index (χ1) is 19.5. The summed E-state index contributed by atoms with van der Waals surface area (Å²) in [6.07, 6.45) is 3.74. The van der Waals surface area contributed by atoms with Gasteiger partial charge in [-0.25, -0.2) is 0 Å². The van der Waals surface area contributed by atoms with Crippen molar-refractivity contribution in [2.75, 3.05) is 4.90 Å². The first kappa shape index (κ1) is 33.6. The molecule has 0 fully saturated rings. The van der Waals surface area contributed by atoms with Gasteiger partial charge in [-0.3, -0.25) is 0 Å². The molecule has 0 aliphatic carbocycles. The molecule has 3 aromatic carbocycles. The second-order valence-corrected chi connectivity index (χ2v) is 14.8. The summed E-state index contributed by atoms with van der Waals surface area (Å²) in [5.41, 5.74) is 6.31. The van der Waals surface area contributed by atoms with E-state index >= 15 is 0 Å². The van der Waals surface area contributed by atoms with Gasteiger partial charge in [0.05, 0.1) is 11.4 Å². The number of rotatable bonds is 12. The number of benzene rings is 3. The number of hydrogen-bond acceptors (Lipinski definition) is 3. The maximum absolute atomic E-state index is 12.1. The van der Waals surface area contributed by atoms with Crippen LogP contribution in [0.1, 0.15) is 137 Å². The summed E-state index contributed by atoms with van der Waals surface area (Å²) in [5, 5.41) is 24.3. The van der Waals surface area contributed by atoms with Crippen molar-refractivity contribution >= 4 is 11.4 Å². The van der Waals surface area contributed by atoms with E-state index in [0.29, 0.717) is 18.0 Å². The first-order valence-corrected chi connectivity index (χ1v) is 16.0. The van der Waals surface area contributed by atoms with E-state index in [-0.39, 0.29) is 21.7 Å². The molecule has 2 N–H and O–H groups in total. The molecule has 0 heterocycles. The van der Waals surface area contributed by atoms with Gasteiger partial charge in [-0.05, 0) is 76.2 Å². The molecule has 0 unspecified atom stereocenters. The average Bonchev–Trinajstić information content (AvgIpc) is 2.96. The summed E-state index contributed by atoms with van der Waals surface area (Å²) < 4.78 is 0. The molecule has 3 heteroatoms. The number of hydrogen-bond donors (Lipinski definition) is 2. The molecular formula is C39H57NO2. The summed E-state index contributed by atoms with van der Waals surface area (Å²) >= 11 is 0. The summed E-state index contributed by atoms with van der Waals surface area (Å²) in [5.74, 6) is 0.591. The number of aromatic hydroxyl groups is 2. The Morgan fingerprint density at radius 3 is 1.21 bits per heavy atom. The SMILES string of the molecule is CCC(C)(C)c1cc(N(Cc2ccccc2)c2cc(C(C)(C)CC)cc(C(C)(C)CC)c2O)c(O)c(C(C)(C)CC)c1. The Kier molecular flexibility index (Phi) is 9.87. The minimum atomic E-state index is -0.222. The summed E-state index contributed by atoms with van der Waals surface area (Å²) in [4.78, 5) is 2.16. The normalized spacial score (nSPS) is 13.0. The molecule has 0 aromatic heterocycles. The van der Waals surface area contributed by atoms with Crippen LogP contribution in [0.3, 0.4) is 0 Å². The van der Waals surface area contributed by atoms with Crippen LogP contribution in [-0.2, 0) is 28.2 Å². The highest BCUT2D eigenvalue weighted by molar-refractivity contribution is 5.78. The lowest BCUT2D eigenvalue weighted by molar-refractivity contribution is 0.421. The zero-order valence-electron chi connectivity index (χ0n) is 28.6. The van der Waals surface area contributed by atoms with Crippen molar-refractivity contribution in [2.24, 2.45) is 0 Å². The highest BCUT2D eigenvalue weighted by Gasteiger charge is 2.33. The van der Waals surface area contributed by atoms with Gasteiger partial charge in [0.25, 0.3) is 0 Å². The second-order valence-electron chi connectivity index (χ2n) is 14.8. The smallest absolute Gasteiger partial charge is 0.142 e. The van der Waals surface area contributed by atoms with Gasteiger partial charge in [0.1, 0.15) is 11.5 Å². The van der Waals surface area contributed by atoms with Crippen LogP contribution in [-0.4, -0.2) is 10.2 Å². The summed E-state index contributed by atoms with van der Waals surface area (Å²) in [6.45, 7) is 27.3. The summed E-state index contributed by atoms with van der Waals surface area (Å²) in [6, 6.07) is 19.1. The van der Waals surface area contributed by atoms with E-state index in [1.54, 1.807) is 0 Å². The maximum atomic E-state index is 12.1. The third kappa shape index (κ3) is 6.66. The van der Waals surface area contributed by atoms with Crippen molar-refractivity contribution < 1.29 is 10.2 Å². The molecule has 42 heavy (non-hydrogen) atoms. The topological polar surface area (TPSA) is 43.7 Å². The molecule has 0 saturated carbocycles. The monoisotopic (exact) mass is 571 g/mol. The molecule has 0 bridgehead atoms. The third-order valence-corrected chi connectivity index (χ3v) is 10.5. The maximum Gasteiger partial charge on any atom is 0.142 e. The van der Waals surface area contributed by atoms with Gasteiger partial charge in [0.2, 0.25) is 0 Å². The van der Waals surface area contributed by atoms with E-state index < -0.39 is 0 Å². The molecule has 0 aliphatic rings. The minimum Gasteiger partial charge on any atom is -0.505 e. The molecule has 0 radical (unpaired) electrons. The minimum absolute atomic E-state index is 0.0805. The molecular weight excluding hydrogens is 514 g/mol. The van der Waals surface area contributed by atoms with E-state index in [2.05, 4.69) is 137 Å². The molecule has 3 rings (SSSR count). The fourth-order valence-electron chi connectivity index (χ4n) is 5.32. The molecule has 0 saturated heterocycles. The Bertz CT molecular complexity index is 1280. The van der Waals surface area contributed by atoms with Crippen molar-refractivity contribution in [3.8, 4) is 11.5 Å². The van der Waals surface area contributed by atoms with E-state index in [1.165, 1.54) is 11.1 Å². The molecule has 230 valence electrons. The quantitative estimate of drug-likeness (QED) is 0.227. The van der Waals surface area contributed by atoms with Crippen LogP contribution in [0, 0.1) is 0 Å². The van der Waals surface area contributed by atoms with Crippen molar-refractivity contribution in [3.05, 3.63) is 82.4 Å². The molecule has 0 amide bonds. The lowest BCUT2D eigenvalue weighted by atomic mass is 9.75. The van der Waals surface area contributed by atoms with E-state index in [9.17, 15) is 10.2 Å². The zero-order valence-corrected chi connectivity index (χ0v) is 28.6. The van der Waals surface area contributed by atoms with Crippen LogP contribution in [0.4, 0.5) is 11.4 Å². The largest absolute Gasteiger partial charge is 0.505 e. The Balaban J connectivity index is 2.52. The number of phenolic OH excluding ortho intramolecular Hbond substituents is 2. The lowest BCUT2D eigenvalue weighted by Crippen LogP contribution is -2.25. The van der Waals surface area contributed by atoms with Gasteiger partial charge in [-0.1, -0.05) is 126 Å². The van der Waals surface area contributed by atoms with Crippen molar-refractivity contribution in [1.29, 1.82) is 0 Å². The van der Waals surface area contributed by atoms with Crippen LogP contribution >= 0.6 is 0 Å². The Morgan fingerprint density at radius 2 is 0.881 bits per heavy atom. The fraction of sp³-hybridized carbons (Fsp3) is 0.538. The number of anilines is 2. The van der Waals surface area contributed by atoms with E-state index in [1.807, 2.05) is 6.07 Å². The highest BCUT2D eigenvalue weighted by Crippen LogP contribution is 2.50. The second kappa shape index (κ2) is 12.3. The van der Waals surface area contributed by atoms with Crippen LogP contribution in [0.25, 0.3) is 0 Å². The van der Waals surface area contributed by atoms with Crippen LogP contribution in [0.5, 0.6) is 11.5 Å². The predicted octanol–water partition coefficient (Wildman–Crippen LogP) is 11.2. The standard InChI is InChI=1S/C39H57NO2/c1-13-36(5,6)28-22-30(38(9,10)15-3)34(41)32(24-28)40(26-27-20-18-17-19-21-27)33-25-29(37(7,8)14-2)23-31(35(33)42)39(11,12)16-4/h17-25,41-42H,13-16,26H2,1-12H3. The molecule has 3 nitrogen and oxygen atoms in total. The summed E-state index contributed by atoms with van der Waals surface area (Å²) in [7, 11) is 0. The zero-order chi connectivity index (χ0) is 31.7. The number of phenols is 2. The van der Waals surface area contributed by atoms with Gasteiger partial charge in [-0.15, -0.1) is 0 Å². The van der Waals surface area contributed by atoms with Crippen LogP contribution < -0.4 is 4.90 Å². The highest BCUT2D eigenvalue weighted by atomic mass is 16.3. The predicted molar refractivity (Wildman–Crippen MR) is 182 cm³/mol. The van der Waals surface area contributed by atoms with Gasteiger partial charge in [0.15, 0.2) is 0 Å². The molecule has 0 aliphatic heterocycles. The Hall–Kier alpha value is -2.94. The van der Waals surface area contributed by atoms with Crippen LogP contribution in [0.15, 0.2) is 54.6 Å². The first-order valence-electron chi connectivity index (χ1n) is 16.0. The fourth-order valence-corrected chi connectivity index (χ4v) is 5.32. The van der Waals surface area contributed by atoms with Crippen molar-refractivity contribution in [2.45, 2.75) is 137 Å². The van der Waals surface area contributed by atoms with E-state index in [0.717, 1.165) is 53.7 Å².